The van der Waals surface area contributed by atoms with Crippen LogP contribution in [0.5, 0.6) is 0 Å². The van der Waals surface area contributed by atoms with E-state index in [1.807, 2.05) is 0 Å². The van der Waals surface area contributed by atoms with Crippen molar-refractivity contribution in [3.05, 3.63) is 34.6 Å². The van der Waals surface area contributed by atoms with Crippen LogP contribution in [0.4, 0.5) is 4.39 Å². The molecule has 7 heteroatoms. The third-order valence-electron chi connectivity index (χ3n) is 2.23. The summed E-state index contributed by atoms with van der Waals surface area (Å²) in [6.45, 7) is 1.26. The molecule has 1 aromatic carbocycles. The fourth-order valence-electron chi connectivity index (χ4n) is 1.35. The van der Waals surface area contributed by atoms with Crippen molar-refractivity contribution in [3.8, 4) is 0 Å². The molecule has 1 atom stereocenters. The van der Waals surface area contributed by atoms with Crippen LogP contribution >= 0.6 is 23.4 Å². The van der Waals surface area contributed by atoms with Crippen LogP contribution in [0.1, 0.15) is 12.5 Å². The second kappa shape index (κ2) is 7.35. The van der Waals surface area contributed by atoms with Crippen molar-refractivity contribution in [1.82, 2.24) is 5.32 Å². The first-order chi connectivity index (χ1) is 8.90. The van der Waals surface area contributed by atoms with Crippen molar-refractivity contribution in [1.29, 1.82) is 0 Å². The number of nitrogens with one attached hydrogen (secondary N) is 1. The Labute approximate surface area is 119 Å². The molecule has 0 spiro atoms. The zero-order chi connectivity index (χ0) is 14.4. The van der Waals surface area contributed by atoms with Crippen molar-refractivity contribution in [2.24, 2.45) is 0 Å². The molecule has 104 valence electrons. The Morgan fingerprint density at radius 3 is 2.74 bits per heavy atom. The lowest BCUT2D eigenvalue weighted by Gasteiger charge is -2.13. The van der Waals surface area contributed by atoms with Gasteiger partial charge in [0, 0.05) is 23.5 Å². The van der Waals surface area contributed by atoms with Gasteiger partial charge in [-0.2, -0.15) is 11.8 Å². The van der Waals surface area contributed by atoms with E-state index in [0.29, 0.717) is 10.8 Å². The lowest BCUT2D eigenvalue weighted by atomic mass is 10.2. The number of thioether (sulfide) groups is 1. The van der Waals surface area contributed by atoms with Crippen LogP contribution in [-0.4, -0.2) is 28.8 Å². The third kappa shape index (κ3) is 5.48. The van der Waals surface area contributed by atoms with Crippen LogP contribution < -0.4 is 5.32 Å². The highest BCUT2D eigenvalue weighted by atomic mass is 35.5. The Hall–Kier alpha value is -1.27. The normalized spacial score (nSPS) is 11.9. The number of carbonyl (C=O) groups is 2. The average Bonchev–Trinajstić information content (AvgIpc) is 2.29. The van der Waals surface area contributed by atoms with Gasteiger partial charge in [0.25, 0.3) is 0 Å². The quantitative estimate of drug-likeness (QED) is 0.846. The predicted octanol–water partition coefficient (Wildman–Crippen LogP) is 2.30. The Balaban J connectivity index is 2.52. The van der Waals surface area contributed by atoms with E-state index in [4.69, 9.17) is 16.7 Å². The number of rotatable bonds is 6. The fourth-order valence-corrected chi connectivity index (χ4v) is 2.71. The largest absolute Gasteiger partial charge is 0.480 e. The Morgan fingerprint density at radius 2 is 2.21 bits per heavy atom. The van der Waals surface area contributed by atoms with Gasteiger partial charge in [0.2, 0.25) is 5.91 Å². The van der Waals surface area contributed by atoms with Crippen molar-refractivity contribution in [2.75, 3.05) is 5.75 Å². The molecular formula is C12H13ClFNO3S. The van der Waals surface area contributed by atoms with Crippen molar-refractivity contribution >= 4 is 35.2 Å². The summed E-state index contributed by atoms with van der Waals surface area (Å²) in [6.07, 6.45) is 0. The van der Waals surface area contributed by atoms with Gasteiger partial charge in [0.15, 0.2) is 0 Å². The Morgan fingerprint density at radius 1 is 1.53 bits per heavy atom. The maximum atomic E-state index is 12.8. The van der Waals surface area contributed by atoms with Crippen LogP contribution in [0.3, 0.4) is 0 Å². The average molecular weight is 306 g/mol. The summed E-state index contributed by atoms with van der Waals surface area (Å²) in [5.41, 5.74) is 0.722. The van der Waals surface area contributed by atoms with Gasteiger partial charge in [-0.3, -0.25) is 4.79 Å². The molecule has 0 heterocycles. The number of hydrogen-bond donors (Lipinski definition) is 2. The molecule has 0 fully saturated rings. The molecule has 0 unspecified atom stereocenters. The molecule has 0 aliphatic rings. The molecule has 0 aliphatic heterocycles. The highest BCUT2D eigenvalue weighted by Gasteiger charge is 2.18. The van der Waals surface area contributed by atoms with Gasteiger partial charge in [0.1, 0.15) is 11.9 Å². The molecule has 1 aromatic rings. The Bertz CT molecular complexity index is 484. The number of halogens is 2. The monoisotopic (exact) mass is 305 g/mol. The van der Waals surface area contributed by atoms with Gasteiger partial charge in [-0.15, -0.1) is 0 Å². The summed E-state index contributed by atoms with van der Waals surface area (Å²) in [7, 11) is 0. The molecule has 4 nitrogen and oxygen atoms in total. The first-order valence-corrected chi connectivity index (χ1v) is 6.95. The molecule has 0 aliphatic carbocycles. The molecule has 0 bridgehead atoms. The smallest absolute Gasteiger partial charge is 0.327 e. The standard InChI is InChI=1S/C12H13ClFNO3S/c1-7(16)15-11(12(17)18)6-19-5-8-2-3-9(14)4-10(8)13/h2-4,11H,5-6H2,1H3,(H,15,16)(H,17,18)/t11-/m0/s1. The van der Waals surface area contributed by atoms with Gasteiger partial charge in [-0.25, -0.2) is 9.18 Å². The van der Waals surface area contributed by atoms with Crippen molar-refractivity contribution in [3.63, 3.8) is 0 Å². The van der Waals surface area contributed by atoms with Crippen LogP contribution in [0, 0.1) is 5.82 Å². The zero-order valence-electron chi connectivity index (χ0n) is 10.2. The number of carboxylic acids is 1. The lowest BCUT2D eigenvalue weighted by Crippen LogP contribution is -2.41. The van der Waals surface area contributed by atoms with Crippen molar-refractivity contribution in [2.45, 2.75) is 18.7 Å². The summed E-state index contributed by atoms with van der Waals surface area (Å²) in [6, 6.07) is 3.12. The summed E-state index contributed by atoms with van der Waals surface area (Å²) in [4.78, 5) is 21.7. The van der Waals surface area contributed by atoms with Crippen LogP contribution in [0.15, 0.2) is 18.2 Å². The maximum Gasteiger partial charge on any atom is 0.327 e. The number of carbonyl (C=O) groups excluding carboxylic acids is 1. The summed E-state index contributed by atoms with van der Waals surface area (Å²) >= 11 is 7.15. The molecule has 0 aromatic heterocycles. The summed E-state index contributed by atoms with van der Waals surface area (Å²) in [5, 5.41) is 11.5. The predicted molar refractivity (Wildman–Crippen MR) is 72.8 cm³/mol. The van der Waals surface area contributed by atoms with Crippen LogP contribution in [0.2, 0.25) is 5.02 Å². The van der Waals surface area contributed by atoms with E-state index in [1.54, 1.807) is 6.07 Å². The molecule has 1 rings (SSSR count). The first-order valence-electron chi connectivity index (χ1n) is 5.41. The van der Waals surface area contributed by atoms with Crippen molar-refractivity contribution < 1.29 is 19.1 Å². The van der Waals surface area contributed by atoms with Gasteiger partial charge < -0.3 is 10.4 Å². The van der Waals surface area contributed by atoms with Crippen LogP contribution in [-0.2, 0) is 15.3 Å². The second-order valence-electron chi connectivity index (χ2n) is 3.84. The minimum atomic E-state index is -1.09. The minimum absolute atomic E-state index is 0.211. The molecule has 0 radical (unpaired) electrons. The van der Waals surface area contributed by atoms with Gasteiger partial charge in [-0.05, 0) is 17.7 Å². The van der Waals surface area contributed by atoms with Gasteiger partial charge >= 0.3 is 5.97 Å². The topological polar surface area (TPSA) is 66.4 Å². The summed E-state index contributed by atoms with van der Waals surface area (Å²) < 4.78 is 12.8. The van der Waals surface area contributed by atoms with E-state index >= 15 is 0 Å². The number of aliphatic carboxylic acids is 1. The molecule has 0 saturated heterocycles. The first kappa shape index (κ1) is 15.8. The number of carboxylic acid groups (broad SMARTS) is 1. The SMILES string of the molecule is CC(=O)N[C@@H](CSCc1ccc(F)cc1Cl)C(=O)O. The molecule has 2 N–H and O–H groups in total. The van der Waals surface area contributed by atoms with E-state index in [0.717, 1.165) is 5.56 Å². The minimum Gasteiger partial charge on any atom is -0.480 e. The number of hydrogen-bond acceptors (Lipinski definition) is 3. The lowest BCUT2D eigenvalue weighted by molar-refractivity contribution is -0.140. The number of amides is 1. The summed E-state index contributed by atoms with van der Waals surface area (Å²) in [5.74, 6) is -1.24. The maximum absolute atomic E-state index is 12.8. The number of benzene rings is 1. The highest BCUT2D eigenvalue weighted by Crippen LogP contribution is 2.22. The molecular weight excluding hydrogens is 293 g/mol. The molecule has 1 amide bonds. The van der Waals surface area contributed by atoms with E-state index < -0.39 is 23.7 Å². The van der Waals surface area contributed by atoms with E-state index in [9.17, 15) is 14.0 Å². The molecule has 19 heavy (non-hydrogen) atoms. The van der Waals surface area contributed by atoms with Gasteiger partial charge in [0.05, 0.1) is 0 Å². The third-order valence-corrected chi connectivity index (χ3v) is 3.67. The molecule has 0 saturated carbocycles. The van der Waals surface area contributed by atoms with Gasteiger partial charge in [-0.1, -0.05) is 17.7 Å². The second-order valence-corrected chi connectivity index (χ2v) is 5.28. The fraction of sp³-hybridized carbons (Fsp3) is 0.333. The Kier molecular flexibility index (Phi) is 6.11. The van der Waals surface area contributed by atoms with E-state index in [1.165, 1.54) is 30.8 Å². The zero-order valence-corrected chi connectivity index (χ0v) is 11.7. The van der Waals surface area contributed by atoms with E-state index in [2.05, 4.69) is 5.32 Å². The highest BCUT2D eigenvalue weighted by molar-refractivity contribution is 7.98. The van der Waals surface area contributed by atoms with E-state index in [-0.39, 0.29) is 5.75 Å². The van der Waals surface area contributed by atoms with Crippen LogP contribution in [0.25, 0.3) is 0 Å².